The van der Waals surface area contributed by atoms with Crippen LogP contribution in [-0.2, 0) is 5.41 Å². The number of carbonyl (C=O) groups excluding carboxylic acids is 1. The number of piperidine rings is 1. The summed E-state index contributed by atoms with van der Waals surface area (Å²) in [4.78, 5) is 21.4. The summed E-state index contributed by atoms with van der Waals surface area (Å²) < 4.78 is 0. The molecule has 1 aliphatic heterocycles. The number of aromatic nitrogens is 1. The van der Waals surface area contributed by atoms with Gasteiger partial charge in [0, 0.05) is 24.7 Å². The lowest BCUT2D eigenvalue weighted by molar-refractivity contribution is -0.00602. The van der Waals surface area contributed by atoms with Gasteiger partial charge >= 0.3 is 0 Å². The molecule has 0 unspecified atom stereocenters. The lowest BCUT2D eigenvalue weighted by atomic mass is 9.72. The Labute approximate surface area is 167 Å². The Hall–Kier alpha value is -2.24. The van der Waals surface area contributed by atoms with Gasteiger partial charge in [0.2, 0.25) is 0 Å². The third-order valence-electron chi connectivity index (χ3n) is 6.81. The summed E-state index contributed by atoms with van der Waals surface area (Å²) in [7, 11) is 2.08. The molecule has 1 N–H and O–H groups in total. The van der Waals surface area contributed by atoms with E-state index >= 15 is 0 Å². The van der Waals surface area contributed by atoms with Crippen molar-refractivity contribution >= 4 is 5.91 Å². The molecule has 2 aliphatic rings. The lowest BCUT2D eigenvalue weighted by Gasteiger charge is -2.43. The van der Waals surface area contributed by atoms with E-state index in [-0.39, 0.29) is 17.4 Å². The molecule has 1 fully saturated rings. The van der Waals surface area contributed by atoms with E-state index in [1.807, 2.05) is 24.0 Å². The van der Waals surface area contributed by atoms with Gasteiger partial charge in [0.15, 0.2) is 0 Å². The molecule has 148 valence electrons. The zero-order chi connectivity index (χ0) is 19.9. The first-order chi connectivity index (χ1) is 13.5. The number of pyridine rings is 1. The predicted octanol–water partition coefficient (Wildman–Crippen LogP) is 2.93. The monoisotopic (exact) mass is 379 g/mol. The standard InChI is InChI=1S/C23H29N3O2/c1-4-25(3)20-17-9-5-6-10-18(17)23(21(20)27)11-14-26(15-12-23)22(28)19-16(2)8-7-13-24-19/h5-10,13,20-21,27H,4,11-12,14-15H2,1-3H3/t20-,21+/m1/s1. The maximum atomic E-state index is 13.0. The average Bonchev–Trinajstić information content (AvgIpc) is 2.96. The van der Waals surface area contributed by atoms with E-state index in [1.54, 1.807) is 6.20 Å². The first-order valence-electron chi connectivity index (χ1n) is 10.2. The second-order valence-electron chi connectivity index (χ2n) is 8.17. The molecule has 1 amide bonds. The molecule has 5 heteroatoms. The Bertz CT molecular complexity index is 874. The highest BCUT2D eigenvalue weighted by atomic mass is 16.3. The van der Waals surface area contributed by atoms with E-state index < -0.39 is 6.10 Å². The van der Waals surface area contributed by atoms with Gasteiger partial charge < -0.3 is 10.0 Å². The van der Waals surface area contributed by atoms with Crippen LogP contribution in [-0.4, -0.2) is 58.6 Å². The Kier molecular flexibility index (Phi) is 4.98. The number of benzene rings is 1. The van der Waals surface area contributed by atoms with Crippen molar-refractivity contribution in [3.05, 3.63) is 65.0 Å². The first-order valence-corrected chi connectivity index (χ1v) is 10.2. The Morgan fingerprint density at radius 1 is 1.25 bits per heavy atom. The van der Waals surface area contributed by atoms with Crippen molar-refractivity contribution in [2.24, 2.45) is 0 Å². The van der Waals surface area contributed by atoms with Gasteiger partial charge in [0.05, 0.1) is 12.1 Å². The number of aliphatic hydroxyl groups is 1. The minimum absolute atomic E-state index is 0.00375. The Morgan fingerprint density at radius 2 is 1.96 bits per heavy atom. The third-order valence-corrected chi connectivity index (χ3v) is 6.81. The molecular formula is C23H29N3O2. The number of rotatable bonds is 3. The van der Waals surface area contributed by atoms with E-state index in [2.05, 4.69) is 48.1 Å². The number of aryl methyl sites for hydroxylation is 1. The minimum atomic E-state index is -0.455. The van der Waals surface area contributed by atoms with Crippen molar-refractivity contribution in [3.63, 3.8) is 0 Å². The predicted molar refractivity (Wildman–Crippen MR) is 109 cm³/mol. The molecule has 2 atom stereocenters. The molecule has 1 saturated heterocycles. The highest BCUT2D eigenvalue weighted by molar-refractivity contribution is 5.93. The van der Waals surface area contributed by atoms with Crippen molar-refractivity contribution in [1.29, 1.82) is 0 Å². The van der Waals surface area contributed by atoms with Gasteiger partial charge in [0.25, 0.3) is 5.91 Å². The fraction of sp³-hybridized carbons (Fsp3) is 0.478. The number of amides is 1. The number of nitrogens with zero attached hydrogens (tertiary/aromatic N) is 3. The highest BCUT2D eigenvalue weighted by Crippen LogP contribution is 2.52. The average molecular weight is 380 g/mol. The van der Waals surface area contributed by atoms with Crippen LogP contribution in [0.15, 0.2) is 42.6 Å². The molecule has 5 nitrogen and oxygen atoms in total. The van der Waals surface area contributed by atoms with Gasteiger partial charge in [-0.3, -0.25) is 14.7 Å². The molecule has 2 aromatic rings. The summed E-state index contributed by atoms with van der Waals surface area (Å²) in [5.74, 6) is -0.00375. The fourth-order valence-electron chi connectivity index (χ4n) is 5.05. The van der Waals surface area contributed by atoms with Crippen LogP contribution in [0.25, 0.3) is 0 Å². The summed E-state index contributed by atoms with van der Waals surface area (Å²) in [6.07, 6.45) is 2.77. The first kappa shape index (κ1) is 19.1. The third kappa shape index (κ3) is 2.85. The summed E-state index contributed by atoms with van der Waals surface area (Å²) >= 11 is 0. The number of likely N-dealkylation sites (N-methyl/N-ethyl adjacent to an activating group) is 1. The number of hydrogen-bond acceptors (Lipinski definition) is 4. The number of carbonyl (C=O) groups is 1. The van der Waals surface area contributed by atoms with Gasteiger partial charge in [-0.05, 0) is 56.1 Å². The van der Waals surface area contributed by atoms with Crippen LogP contribution in [0.3, 0.4) is 0 Å². The zero-order valence-electron chi connectivity index (χ0n) is 16.9. The number of fused-ring (bicyclic) bond motifs is 2. The fourth-order valence-corrected chi connectivity index (χ4v) is 5.05. The van der Waals surface area contributed by atoms with Crippen LogP contribution in [0.5, 0.6) is 0 Å². The van der Waals surface area contributed by atoms with Crippen molar-refractivity contribution in [1.82, 2.24) is 14.8 Å². The normalized spacial score (nSPS) is 23.2. The van der Waals surface area contributed by atoms with Gasteiger partial charge in [-0.25, -0.2) is 0 Å². The summed E-state index contributed by atoms with van der Waals surface area (Å²) in [6.45, 7) is 6.21. The Balaban J connectivity index is 1.60. The van der Waals surface area contributed by atoms with Gasteiger partial charge in [-0.2, -0.15) is 0 Å². The van der Waals surface area contributed by atoms with Crippen LogP contribution in [0.4, 0.5) is 0 Å². The SMILES string of the molecule is CCN(C)[C@@H]1c2ccccc2C2(CCN(C(=O)c3ncccc3C)CC2)[C@H]1O. The van der Waals surface area contributed by atoms with Crippen molar-refractivity contribution in [2.75, 3.05) is 26.7 Å². The molecule has 28 heavy (non-hydrogen) atoms. The second kappa shape index (κ2) is 7.30. The van der Waals surface area contributed by atoms with Crippen molar-refractivity contribution in [3.8, 4) is 0 Å². The molecule has 1 aromatic carbocycles. The molecule has 0 bridgehead atoms. The number of aliphatic hydroxyl groups excluding tert-OH is 1. The van der Waals surface area contributed by atoms with Crippen molar-refractivity contribution in [2.45, 2.75) is 44.2 Å². The maximum absolute atomic E-state index is 13.0. The summed E-state index contributed by atoms with van der Waals surface area (Å²) in [5.41, 5.74) is 3.66. The molecule has 1 spiro atoms. The van der Waals surface area contributed by atoms with E-state index in [1.165, 1.54) is 11.1 Å². The van der Waals surface area contributed by atoms with E-state index in [0.29, 0.717) is 18.8 Å². The number of hydrogen-bond donors (Lipinski definition) is 1. The quantitative estimate of drug-likeness (QED) is 0.891. The maximum Gasteiger partial charge on any atom is 0.272 e. The zero-order valence-corrected chi connectivity index (χ0v) is 16.9. The van der Waals surface area contributed by atoms with E-state index in [9.17, 15) is 9.90 Å². The minimum Gasteiger partial charge on any atom is -0.390 e. The van der Waals surface area contributed by atoms with Crippen molar-refractivity contribution < 1.29 is 9.90 Å². The van der Waals surface area contributed by atoms with Crippen LogP contribution >= 0.6 is 0 Å². The second-order valence-corrected chi connectivity index (χ2v) is 8.17. The molecule has 1 aliphatic carbocycles. The topological polar surface area (TPSA) is 56.7 Å². The molecule has 4 rings (SSSR count). The van der Waals surface area contributed by atoms with Crippen LogP contribution in [0, 0.1) is 6.92 Å². The van der Waals surface area contributed by atoms with E-state index in [0.717, 1.165) is 24.9 Å². The van der Waals surface area contributed by atoms with Gasteiger partial charge in [-0.1, -0.05) is 37.3 Å². The number of likely N-dealkylation sites (tertiary alicyclic amines) is 1. The highest BCUT2D eigenvalue weighted by Gasteiger charge is 2.53. The van der Waals surface area contributed by atoms with Crippen LogP contribution < -0.4 is 0 Å². The summed E-state index contributed by atoms with van der Waals surface area (Å²) in [5, 5.41) is 11.4. The van der Waals surface area contributed by atoms with E-state index in [4.69, 9.17) is 0 Å². The Morgan fingerprint density at radius 3 is 2.64 bits per heavy atom. The van der Waals surface area contributed by atoms with Gasteiger partial charge in [-0.15, -0.1) is 0 Å². The smallest absolute Gasteiger partial charge is 0.272 e. The molecule has 0 saturated carbocycles. The van der Waals surface area contributed by atoms with Crippen LogP contribution in [0.1, 0.15) is 53.0 Å². The largest absolute Gasteiger partial charge is 0.390 e. The molecule has 0 radical (unpaired) electrons. The lowest BCUT2D eigenvalue weighted by Crippen LogP contribution is -2.51. The molecular weight excluding hydrogens is 350 g/mol. The summed E-state index contributed by atoms with van der Waals surface area (Å²) in [6, 6.07) is 12.2. The molecule has 1 aromatic heterocycles. The van der Waals surface area contributed by atoms with Crippen LogP contribution in [0.2, 0.25) is 0 Å². The molecule has 2 heterocycles. The van der Waals surface area contributed by atoms with Gasteiger partial charge in [0.1, 0.15) is 5.69 Å².